The van der Waals surface area contributed by atoms with Crippen molar-refractivity contribution in [1.29, 1.82) is 0 Å². The highest BCUT2D eigenvalue weighted by Gasteiger charge is 2.49. The molecule has 0 unspecified atom stereocenters. The SMILES string of the molecule is CC(C)[Si](O[C@@H](C)[C@@H]1NC(=O)[C@H]1Br)(C(C)C)C(C)C. The lowest BCUT2D eigenvalue weighted by Gasteiger charge is -2.47. The number of hydrogen-bond donors (Lipinski definition) is 1. The maximum absolute atomic E-state index is 11.3. The summed E-state index contributed by atoms with van der Waals surface area (Å²) in [6.45, 7) is 15.8. The third kappa shape index (κ3) is 3.08. The molecule has 3 nitrogen and oxygen atoms in total. The Morgan fingerprint density at radius 1 is 1.05 bits per heavy atom. The van der Waals surface area contributed by atoms with Crippen molar-refractivity contribution in [3.05, 3.63) is 0 Å². The molecular weight excluding hydrogens is 322 g/mol. The van der Waals surface area contributed by atoms with Gasteiger partial charge in [0.25, 0.3) is 0 Å². The molecule has 1 heterocycles. The van der Waals surface area contributed by atoms with Crippen molar-refractivity contribution in [3.8, 4) is 0 Å². The Morgan fingerprint density at radius 2 is 1.47 bits per heavy atom. The zero-order valence-corrected chi connectivity index (χ0v) is 15.7. The lowest BCUT2D eigenvalue weighted by Crippen LogP contribution is -2.66. The van der Waals surface area contributed by atoms with Crippen LogP contribution >= 0.6 is 15.9 Å². The van der Waals surface area contributed by atoms with E-state index < -0.39 is 8.32 Å². The van der Waals surface area contributed by atoms with Gasteiger partial charge in [0.05, 0.1) is 12.1 Å². The molecule has 0 aromatic heterocycles. The number of carbonyl (C=O) groups is 1. The lowest BCUT2D eigenvalue weighted by molar-refractivity contribution is -0.129. The highest BCUT2D eigenvalue weighted by atomic mass is 79.9. The smallest absolute Gasteiger partial charge is 0.236 e. The average molecular weight is 350 g/mol. The second kappa shape index (κ2) is 6.27. The van der Waals surface area contributed by atoms with Crippen LogP contribution in [-0.2, 0) is 9.22 Å². The molecule has 5 heteroatoms. The molecule has 112 valence electrons. The van der Waals surface area contributed by atoms with E-state index in [1.54, 1.807) is 0 Å². The van der Waals surface area contributed by atoms with E-state index in [-0.39, 0.29) is 22.9 Å². The van der Waals surface area contributed by atoms with Crippen LogP contribution in [0.2, 0.25) is 16.6 Å². The van der Waals surface area contributed by atoms with E-state index in [0.717, 1.165) is 0 Å². The van der Waals surface area contributed by atoms with E-state index in [2.05, 4.69) is 69.7 Å². The van der Waals surface area contributed by atoms with Crippen molar-refractivity contribution in [1.82, 2.24) is 5.32 Å². The topological polar surface area (TPSA) is 38.3 Å². The van der Waals surface area contributed by atoms with Crippen LogP contribution in [0.5, 0.6) is 0 Å². The summed E-state index contributed by atoms with van der Waals surface area (Å²) in [5.74, 6) is 0.0753. The first kappa shape index (κ1) is 17.2. The van der Waals surface area contributed by atoms with Crippen LogP contribution in [0, 0.1) is 0 Å². The number of carbonyl (C=O) groups excluding carboxylic acids is 1. The molecule has 1 aliphatic heterocycles. The fourth-order valence-electron chi connectivity index (χ4n) is 3.54. The molecule has 0 radical (unpaired) electrons. The first-order valence-electron chi connectivity index (χ1n) is 7.26. The van der Waals surface area contributed by atoms with Crippen LogP contribution in [-0.4, -0.2) is 31.2 Å². The molecule has 1 saturated heterocycles. The molecule has 0 spiro atoms. The fourth-order valence-corrected chi connectivity index (χ4v) is 9.84. The molecule has 0 saturated carbocycles. The van der Waals surface area contributed by atoms with Gasteiger partial charge in [0.15, 0.2) is 0 Å². The summed E-state index contributed by atoms with van der Waals surface area (Å²) < 4.78 is 6.64. The zero-order valence-electron chi connectivity index (χ0n) is 13.2. The Morgan fingerprint density at radius 3 is 1.74 bits per heavy atom. The molecule has 1 aliphatic rings. The average Bonchev–Trinajstić information content (AvgIpc) is 2.30. The van der Waals surface area contributed by atoms with Crippen molar-refractivity contribution in [2.45, 2.75) is 82.1 Å². The second-order valence-electron chi connectivity index (χ2n) is 6.58. The number of amides is 1. The summed E-state index contributed by atoms with van der Waals surface area (Å²) in [4.78, 5) is 11.2. The summed E-state index contributed by atoms with van der Waals surface area (Å²) in [5.41, 5.74) is 1.71. The number of nitrogens with one attached hydrogen (secondary N) is 1. The predicted molar refractivity (Wildman–Crippen MR) is 86.2 cm³/mol. The molecule has 0 aromatic carbocycles. The number of halogens is 1. The molecule has 0 bridgehead atoms. The minimum atomic E-state index is -1.86. The summed E-state index contributed by atoms with van der Waals surface area (Å²) in [5, 5.41) is 2.94. The van der Waals surface area contributed by atoms with Gasteiger partial charge in [0.2, 0.25) is 14.2 Å². The molecule has 1 amide bonds. The standard InChI is InChI=1S/C14H28BrNO2Si/c1-8(2)19(9(3)4,10(5)6)18-11(7)13-12(15)14(17)16-13/h8-13H,1-7H3,(H,16,17)/t11-,12-,13-/m0/s1. The number of rotatable bonds is 6. The molecule has 0 aromatic rings. The first-order chi connectivity index (χ1) is 8.64. The Kier molecular flexibility index (Phi) is 5.67. The van der Waals surface area contributed by atoms with Crippen LogP contribution in [0.25, 0.3) is 0 Å². The molecule has 1 N–H and O–H groups in total. The number of hydrogen-bond acceptors (Lipinski definition) is 2. The summed E-state index contributed by atoms with van der Waals surface area (Å²) >= 11 is 3.43. The number of β-lactam (4-membered cyclic amide) rings is 1. The van der Waals surface area contributed by atoms with E-state index in [1.165, 1.54) is 0 Å². The molecule has 1 fully saturated rings. The minimum Gasteiger partial charge on any atom is -0.411 e. The van der Waals surface area contributed by atoms with Gasteiger partial charge in [-0.3, -0.25) is 4.79 Å². The van der Waals surface area contributed by atoms with Gasteiger partial charge in [-0.05, 0) is 23.5 Å². The molecule has 3 atom stereocenters. The fraction of sp³-hybridized carbons (Fsp3) is 0.929. The second-order valence-corrected chi connectivity index (χ2v) is 13.0. The van der Waals surface area contributed by atoms with Gasteiger partial charge in [-0.25, -0.2) is 0 Å². The van der Waals surface area contributed by atoms with Crippen LogP contribution < -0.4 is 5.32 Å². The van der Waals surface area contributed by atoms with Crippen LogP contribution in [0.1, 0.15) is 48.5 Å². The third-order valence-electron chi connectivity index (χ3n) is 4.48. The Labute approximate surface area is 127 Å². The van der Waals surface area contributed by atoms with Gasteiger partial charge in [-0.1, -0.05) is 57.5 Å². The first-order valence-corrected chi connectivity index (χ1v) is 10.3. The van der Waals surface area contributed by atoms with Crippen molar-refractivity contribution >= 4 is 30.2 Å². The van der Waals surface area contributed by atoms with E-state index in [0.29, 0.717) is 16.6 Å². The highest BCUT2D eigenvalue weighted by molar-refractivity contribution is 9.10. The largest absolute Gasteiger partial charge is 0.411 e. The Hall–Kier alpha value is 0.127. The van der Waals surface area contributed by atoms with Gasteiger partial charge >= 0.3 is 0 Å². The summed E-state index contributed by atoms with van der Waals surface area (Å²) in [6.07, 6.45) is 0.0703. The summed E-state index contributed by atoms with van der Waals surface area (Å²) in [6, 6.07) is 0.107. The van der Waals surface area contributed by atoms with E-state index in [4.69, 9.17) is 4.43 Å². The van der Waals surface area contributed by atoms with Crippen LogP contribution in [0.3, 0.4) is 0 Å². The van der Waals surface area contributed by atoms with Crippen molar-refractivity contribution in [2.24, 2.45) is 0 Å². The van der Waals surface area contributed by atoms with Crippen LogP contribution in [0.15, 0.2) is 0 Å². The molecular formula is C14H28BrNO2Si. The number of alkyl halides is 1. The third-order valence-corrected chi connectivity index (χ3v) is 11.7. The van der Waals surface area contributed by atoms with E-state index >= 15 is 0 Å². The van der Waals surface area contributed by atoms with Crippen molar-refractivity contribution in [2.75, 3.05) is 0 Å². The summed E-state index contributed by atoms with van der Waals surface area (Å²) in [7, 11) is -1.86. The quantitative estimate of drug-likeness (QED) is 0.449. The van der Waals surface area contributed by atoms with Crippen molar-refractivity contribution < 1.29 is 9.22 Å². The Balaban J connectivity index is 2.86. The van der Waals surface area contributed by atoms with Gasteiger partial charge in [-0.15, -0.1) is 0 Å². The van der Waals surface area contributed by atoms with Gasteiger partial charge in [-0.2, -0.15) is 0 Å². The lowest BCUT2D eigenvalue weighted by atomic mass is 10.0. The maximum atomic E-state index is 11.3. The van der Waals surface area contributed by atoms with E-state index in [1.807, 2.05) is 0 Å². The molecule has 0 aliphatic carbocycles. The van der Waals surface area contributed by atoms with Crippen molar-refractivity contribution in [3.63, 3.8) is 0 Å². The van der Waals surface area contributed by atoms with E-state index in [9.17, 15) is 4.79 Å². The molecule has 1 rings (SSSR count). The minimum absolute atomic E-state index is 0.0703. The van der Waals surface area contributed by atoms with Gasteiger partial charge in [0, 0.05) is 0 Å². The van der Waals surface area contributed by atoms with Crippen LogP contribution in [0.4, 0.5) is 0 Å². The normalized spacial score (nSPS) is 25.7. The Bertz CT molecular complexity index is 312. The predicted octanol–water partition coefficient (Wildman–Crippen LogP) is 3.83. The maximum Gasteiger partial charge on any atom is 0.236 e. The van der Waals surface area contributed by atoms with Gasteiger partial charge < -0.3 is 9.74 Å². The molecule has 19 heavy (non-hydrogen) atoms. The zero-order chi connectivity index (χ0) is 15.0. The monoisotopic (exact) mass is 349 g/mol. The highest BCUT2D eigenvalue weighted by Crippen LogP contribution is 2.43. The van der Waals surface area contributed by atoms with Gasteiger partial charge in [0.1, 0.15) is 4.83 Å².